The lowest BCUT2D eigenvalue weighted by Gasteiger charge is -2.17. The van der Waals surface area contributed by atoms with Crippen molar-refractivity contribution in [1.82, 2.24) is 15.2 Å². The van der Waals surface area contributed by atoms with Crippen LogP contribution < -0.4 is 5.32 Å². The lowest BCUT2D eigenvalue weighted by Crippen LogP contribution is -2.29. The van der Waals surface area contributed by atoms with Crippen molar-refractivity contribution in [3.63, 3.8) is 0 Å². The molecule has 0 saturated carbocycles. The number of carbonyl (C=O) groups is 2. The molecule has 0 bridgehead atoms. The molecule has 1 N–H and O–H groups in total. The molecule has 0 aliphatic heterocycles. The fourth-order valence-corrected chi connectivity index (χ4v) is 2.48. The highest BCUT2D eigenvalue weighted by Crippen LogP contribution is 2.09. The van der Waals surface area contributed by atoms with Crippen molar-refractivity contribution in [2.75, 3.05) is 33.9 Å². The number of likely N-dealkylation sites (N-methyl/N-ethyl adjacent to an activating group) is 1. The van der Waals surface area contributed by atoms with Crippen LogP contribution in [0.4, 0.5) is 0 Å². The molecule has 0 aliphatic carbocycles. The van der Waals surface area contributed by atoms with Crippen molar-refractivity contribution in [1.29, 1.82) is 0 Å². The molecule has 6 heteroatoms. The Morgan fingerprint density at radius 2 is 1.88 bits per heavy atom. The molecule has 1 aromatic heterocycles. The van der Waals surface area contributed by atoms with Crippen molar-refractivity contribution in [3.8, 4) is 0 Å². The minimum atomic E-state index is -0.185. The number of aromatic nitrogens is 1. The predicted octanol–water partition coefficient (Wildman–Crippen LogP) is 2.16. The van der Waals surface area contributed by atoms with E-state index < -0.39 is 0 Å². The van der Waals surface area contributed by atoms with Crippen molar-refractivity contribution >= 4 is 11.8 Å². The number of benzene rings is 1. The summed E-state index contributed by atoms with van der Waals surface area (Å²) >= 11 is 0. The molecule has 0 unspecified atom stereocenters. The van der Waals surface area contributed by atoms with E-state index in [1.807, 2.05) is 12.1 Å². The minimum Gasteiger partial charge on any atom is -0.385 e. The summed E-state index contributed by atoms with van der Waals surface area (Å²) in [6.45, 7) is 1.73. The Labute approximate surface area is 154 Å². The van der Waals surface area contributed by atoms with Crippen molar-refractivity contribution in [2.24, 2.45) is 0 Å². The first-order chi connectivity index (χ1) is 12.6. The maximum Gasteiger partial charge on any atom is 0.253 e. The second-order valence-corrected chi connectivity index (χ2v) is 6.02. The SMILES string of the molecule is COCCCNC(=O)c1cccc(C(=O)N(C)CCc2ccncc2)c1. The first-order valence-electron chi connectivity index (χ1n) is 8.63. The zero-order valence-corrected chi connectivity index (χ0v) is 15.3. The van der Waals surface area contributed by atoms with E-state index in [0.29, 0.717) is 30.8 Å². The van der Waals surface area contributed by atoms with E-state index in [1.54, 1.807) is 55.7 Å². The Morgan fingerprint density at radius 3 is 2.62 bits per heavy atom. The summed E-state index contributed by atoms with van der Waals surface area (Å²) in [6, 6.07) is 10.7. The Hall–Kier alpha value is -2.73. The smallest absolute Gasteiger partial charge is 0.253 e. The second kappa shape index (κ2) is 10.3. The number of nitrogens with one attached hydrogen (secondary N) is 1. The van der Waals surface area contributed by atoms with Crippen LogP contribution in [-0.2, 0) is 11.2 Å². The van der Waals surface area contributed by atoms with Gasteiger partial charge < -0.3 is 15.0 Å². The molecule has 138 valence electrons. The van der Waals surface area contributed by atoms with Crippen molar-refractivity contribution in [3.05, 3.63) is 65.5 Å². The summed E-state index contributed by atoms with van der Waals surface area (Å²) in [6.07, 6.45) is 4.99. The largest absolute Gasteiger partial charge is 0.385 e. The van der Waals surface area contributed by atoms with Crippen LogP contribution in [0.2, 0.25) is 0 Å². The Kier molecular flexibility index (Phi) is 7.76. The molecule has 0 fully saturated rings. The van der Waals surface area contributed by atoms with Crippen LogP contribution in [0.5, 0.6) is 0 Å². The molecular weight excluding hydrogens is 330 g/mol. The number of hydrogen-bond donors (Lipinski definition) is 1. The Bertz CT molecular complexity index is 719. The summed E-state index contributed by atoms with van der Waals surface area (Å²) in [5.74, 6) is -0.289. The molecule has 1 aromatic carbocycles. The fourth-order valence-electron chi connectivity index (χ4n) is 2.48. The summed E-state index contributed by atoms with van der Waals surface area (Å²) in [7, 11) is 3.39. The molecule has 2 rings (SSSR count). The first-order valence-corrected chi connectivity index (χ1v) is 8.63. The number of amides is 2. The molecule has 0 aliphatic rings. The van der Waals surface area contributed by atoms with E-state index in [1.165, 1.54) is 0 Å². The number of ether oxygens (including phenoxy) is 1. The van der Waals surface area contributed by atoms with E-state index in [4.69, 9.17) is 4.74 Å². The molecule has 0 saturated heterocycles. The van der Waals surface area contributed by atoms with Crippen molar-refractivity contribution < 1.29 is 14.3 Å². The number of nitrogens with zero attached hydrogens (tertiary/aromatic N) is 2. The normalized spacial score (nSPS) is 10.4. The van der Waals surface area contributed by atoms with Gasteiger partial charge in [0.05, 0.1) is 0 Å². The molecule has 0 radical (unpaired) electrons. The first kappa shape index (κ1) is 19.6. The highest BCUT2D eigenvalue weighted by molar-refractivity contribution is 5.99. The van der Waals surface area contributed by atoms with Gasteiger partial charge in [-0.1, -0.05) is 6.07 Å². The van der Waals surface area contributed by atoms with Gasteiger partial charge in [0.15, 0.2) is 0 Å². The van der Waals surface area contributed by atoms with Gasteiger partial charge in [-0.25, -0.2) is 0 Å². The lowest BCUT2D eigenvalue weighted by molar-refractivity contribution is 0.0796. The van der Waals surface area contributed by atoms with Gasteiger partial charge in [0.1, 0.15) is 0 Å². The molecular formula is C20H25N3O3. The van der Waals surface area contributed by atoms with Crippen LogP contribution in [0.15, 0.2) is 48.8 Å². The monoisotopic (exact) mass is 355 g/mol. The van der Waals surface area contributed by atoms with E-state index in [0.717, 1.165) is 18.4 Å². The van der Waals surface area contributed by atoms with Crippen LogP contribution in [0, 0.1) is 0 Å². The zero-order chi connectivity index (χ0) is 18.8. The van der Waals surface area contributed by atoms with Crippen molar-refractivity contribution in [2.45, 2.75) is 12.8 Å². The van der Waals surface area contributed by atoms with Gasteiger partial charge in [0, 0.05) is 57.4 Å². The third-order valence-electron chi connectivity index (χ3n) is 4.01. The quantitative estimate of drug-likeness (QED) is 0.700. The molecule has 6 nitrogen and oxygen atoms in total. The van der Waals surface area contributed by atoms with E-state index >= 15 is 0 Å². The van der Waals surface area contributed by atoms with Crippen LogP contribution in [0.1, 0.15) is 32.7 Å². The van der Waals surface area contributed by atoms with Crippen LogP contribution in [0.25, 0.3) is 0 Å². The third kappa shape index (κ3) is 5.97. The van der Waals surface area contributed by atoms with Crippen LogP contribution >= 0.6 is 0 Å². The predicted molar refractivity (Wildman–Crippen MR) is 100 cm³/mol. The minimum absolute atomic E-state index is 0.104. The number of methoxy groups -OCH3 is 1. The number of rotatable bonds is 9. The fraction of sp³-hybridized carbons (Fsp3) is 0.350. The maximum atomic E-state index is 12.6. The number of hydrogen-bond acceptors (Lipinski definition) is 4. The van der Waals surface area contributed by atoms with Gasteiger partial charge in [-0.15, -0.1) is 0 Å². The summed E-state index contributed by atoms with van der Waals surface area (Å²) < 4.78 is 4.96. The second-order valence-electron chi connectivity index (χ2n) is 6.02. The van der Waals surface area contributed by atoms with Gasteiger partial charge in [0.2, 0.25) is 0 Å². The summed E-state index contributed by atoms with van der Waals surface area (Å²) in [4.78, 5) is 30.4. The summed E-state index contributed by atoms with van der Waals surface area (Å²) in [5, 5.41) is 2.83. The molecule has 2 aromatic rings. The number of carbonyl (C=O) groups excluding carboxylic acids is 2. The van der Waals surface area contributed by atoms with Gasteiger partial charge in [0.25, 0.3) is 11.8 Å². The van der Waals surface area contributed by atoms with E-state index in [2.05, 4.69) is 10.3 Å². The standard InChI is InChI=1S/C20H25N3O3/c1-23(13-9-16-7-11-21-12-8-16)20(25)18-6-3-5-17(15-18)19(24)22-10-4-14-26-2/h3,5-8,11-12,15H,4,9-10,13-14H2,1-2H3,(H,22,24). The average molecular weight is 355 g/mol. The molecule has 0 atom stereocenters. The van der Waals surface area contributed by atoms with Gasteiger partial charge in [-0.2, -0.15) is 0 Å². The maximum absolute atomic E-state index is 12.6. The summed E-state index contributed by atoms with van der Waals surface area (Å²) in [5.41, 5.74) is 2.12. The van der Waals surface area contributed by atoms with Crippen LogP contribution in [-0.4, -0.2) is 55.6 Å². The topological polar surface area (TPSA) is 71.5 Å². The highest BCUT2D eigenvalue weighted by Gasteiger charge is 2.14. The van der Waals surface area contributed by atoms with Gasteiger partial charge in [-0.3, -0.25) is 14.6 Å². The van der Waals surface area contributed by atoms with Gasteiger partial charge in [-0.05, 0) is 48.7 Å². The molecule has 1 heterocycles. The van der Waals surface area contributed by atoms with E-state index in [9.17, 15) is 9.59 Å². The molecule has 0 spiro atoms. The van der Waals surface area contributed by atoms with Gasteiger partial charge >= 0.3 is 0 Å². The average Bonchev–Trinajstić information content (AvgIpc) is 2.69. The Morgan fingerprint density at radius 1 is 1.15 bits per heavy atom. The lowest BCUT2D eigenvalue weighted by atomic mass is 10.1. The Balaban J connectivity index is 1.92. The highest BCUT2D eigenvalue weighted by atomic mass is 16.5. The molecule has 2 amide bonds. The third-order valence-corrected chi connectivity index (χ3v) is 4.01. The molecule has 26 heavy (non-hydrogen) atoms. The number of pyridine rings is 1. The van der Waals surface area contributed by atoms with Crippen LogP contribution in [0.3, 0.4) is 0 Å². The van der Waals surface area contributed by atoms with E-state index in [-0.39, 0.29) is 11.8 Å². The zero-order valence-electron chi connectivity index (χ0n) is 15.3.